The third kappa shape index (κ3) is 6.05. The second-order valence-electron chi connectivity index (χ2n) is 4.32. The van der Waals surface area contributed by atoms with E-state index in [0.717, 1.165) is 11.3 Å². The molecule has 1 aromatic rings. The van der Waals surface area contributed by atoms with Crippen LogP contribution in [0.25, 0.3) is 0 Å². The number of rotatable bonds is 7. The molecule has 1 heterocycles. The Kier molecular flexibility index (Phi) is 6.00. The van der Waals surface area contributed by atoms with Gasteiger partial charge < -0.3 is 14.6 Å². The minimum absolute atomic E-state index is 0.0521. The van der Waals surface area contributed by atoms with Gasteiger partial charge in [0.15, 0.2) is 0 Å². The number of amides is 1. The minimum Gasteiger partial charge on any atom is -0.370 e. The fourth-order valence-corrected chi connectivity index (χ4v) is 1.64. The first-order valence-electron chi connectivity index (χ1n) is 6.12. The van der Waals surface area contributed by atoms with Crippen molar-refractivity contribution in [1.82, 2.24) is 10.5 Å². The van der Waals surface area contributed by atoms with E-state index in [9.17, 15) is 18.0 Å². The van der Waals surface area contributed by atoms with Crippen LogP contribution >= 0.6 is 0 Å². The van der Waals surface area contributed by atoms with Gasteiger partial charge in [-0.2, -0.15) is 13.2 Å². The molecule has 1 aromatic heterocycles. The summed E-state index contributed by atoms with van der Waals surface area (Å²) in [5.41, 5.74) is 1.62. The van der Waals surface area contributed by atoms with Crippen molar-refractivity contribution >= 4 is 5.91 Å². The van der Waals surface area contributed by atoms with Gasteiger partial charge in [0.25, 0.3) is 0 Å². The monoisotopic (exact) mass is 294 g/mol. The van der Waals surface area contributed by atoms with Crippen LogP contribution in [0.3, 0.4) is 0 Å². The van der Waals surface area contributed by atoms with Crippen molar-refractivity contribution in [2.24, 2.45) is 0 Å². The average Bonchev–Trinajstić information content (AvgIpc) is 2.65. The highest BCUT2D eigenvalue weighted by Gasteiger charge is 2.27. The predicted molar refractivity (Wildman–Crippen MR) is 64.2 cm³/mol. The first kappa shape index (κ1) is 16.5. The fourth-order valence-electron chi connectivity index (χ4n) is 1.64. The van der Waals surface area contributed by atoms with Crippen LogP contribution in [0.1, 0.15) is 23.4 Å². The number of alkyl halides is 3. The predicted octanol–water partition coefficient (Wildman–Crippen LogP) is 1.92. The second-order valence-corrected chi connectivity index (χ2v) is 4.32. The van der Waals surface area contributed by atoms with E-state index in [1.54, 1.807) is 13.8 Å². The molecule has 0 aliphatic heterocycles. The first-order valence-corrected chi connectivity index (χ1v) is 6.12. The van der Waals surface area contributed by atoms with E-state index >= 15 is 0 Å². The van der Waals surface area contributed by atoms with Gasteiger partial charge in [-0.05, 0) is 20.3 Å². The molecule has 0 aromatic carbocycles. The smallest absolute Gasteiger partial charge is 0.370 e. The molecule has 114 valence electrons. The average molecular weight is 294 g/mol. The molecule has 5 nitrogen and oxygen atoms in total. The highest BCUT2D eigenvalue weighted by molar-refractivity contribution is 5.76. The lowest BCUT2D eigenvalue weighted by Gasteiger charge is -2.08. The Labute approximate surface area is 114 Å². The van der Waals surface area contributed by atoms with Gasteiger partial charge in [0.05, 0.1) is 12.3 Å². The summed E-state index contributed by atoms with van der Waals surface area (Å²) >= 11 is 0. The highest BCUT2D eigenvalue weighted by Crippen LogP contribution is 2.14. The van der Waals surface area contributed by atoms with Gasteiger partial charge in [-0.25, -0.2) is 0 Å². The summed E-state index contributed by atoms with van der Waals surface area (Å²) in [5.74, 6) is 0.421. The SMILES string of the molecule is Cc1noc(C)c1CCC(=O)NCCOCC(F)(F)F. The van der Waals surface area contributed by atoms with E-state index in [1.165, 1.54) is 0 Å². The fraction of sp³-hybridized carbons (Fsp3) is 0.667. The molecule has 0 bridgehead atoms. The number of nitrogens with one attached hydrogen (secondary N) is 1. The first-order chi connectivity index (χ1) is 9.29. The van der Waals surface area contributed by atoms with Crippen LogP contribution in [-0.2, 0) is 16.0 Å². The normalized spacial score (nSPS) is 11.7. The molecule has 0 saturated carbocycles. The van der Waals surface area contributed by atoms with Crippen LogP contribution in [0.15, 0.2) is 4.52 Å². The summed E-state index contributed by atoms with van der Waals surface area (Å²) in [5, 5.41) is 6.26. The van der Waals surface area contributed by atoms with Crippen LogP contribution in [0.2, 0.25) is 0 Å². The van der Waals surface area contributed by atoms with E-state index in [1.807, 2.05) is 0 Å². The van der Waals surface area contributed by atoms with E-state index < -0.39 is 12.8 Å². The molecule has 0 radical (unpaired) electrons. The van der Waals surface area contributed by atoms with E-state index in [4.69, 9.17) is 4.52 Å². The standard InChI is InChI=1S/C12H17F3N2O3/c1-8-10(9(2)20-17-8)3-4-11(18)16-5-6-19-7-12(13,14)15/h3-7H2,1-2H3,(H,16,18). The highest BCUT2D eigenvalue weighted by atomic mass is 19.4. The van der Waals surface area contributed by atoms with Gasteiger partial charge in [0, 0.05) is 18.5 Å². The van der Waals surface area contributed by atoms with Crippen molar-refractivity contribution in [2.75, 3.05) is 19.8 Å². The zero-order chi connectivity index (χ0) is 15.2. The van der Waals surface area contributed by atoms with Crippen LogP contribution in [0.5, 0.6) is 0 Å². The Morgan fingerprint density at radius 2 is 2.10 bits per heavy atom. The summed E-state index contributed by atoms with van der Waals surface area (Å²) in [6.07, 6.45) is -3.63. The van der Waals surface area contributed by atoms with E-state index in [-0.39, 0.29) is 25.5 Å². The Hall–Kier alpha value is -1.57. The molecule has 0 aliphatic rings. The maximum absolute atomic E-state index is 11.8. The number of hydrogen-bond donors (Lipinski definition) is 1. The Bertz CT molecular complexity index is 424. The molecule has 20 heavy (non-hydrogen) atoms. The third-order valence-corrected chi connectivity index (χ3v) is 2.62. The van der Waals surface area contributed by atoms with Gasteiger partial charge in [-0.3, -0.25) is 4.79 Å². The maximum atomic E-state index is 11.8. The topological polar surface area (TPSA) is 64.4 Å². The Balaban J connectivity index is 2.15. The Morgan fingerprint density at radius 3 is 2.65 bits per heavy atom. The van der Waals surface area contributed by atoms with E-state index in [0.29, 0.717) is 12.2 Å². The minimum atomic E-state index is -4.34. The number of carbonyl (C=O) groups excluding carboxylic acids is 1. The van der Waals surface area contributed by atoms with Gasteiger partial charge >= 0.3 is 6.18 Å². The molecule has 0 saturated heterocycles. The van der Waals surface area contributed by atoms with Crippen LogP contribution in [-0.4, -0.2) is 37.0 Å². The van der Waals surface area contributed by atoms with Crippen molar-refractivity contribution in [2.45, 2.75) is 32.9 Å². The number of aryl methyl sites for hydroxylation is 2. The summed E-state index contributed by atoms with van der Waals surface area (Å²) in [4.78, 5) is 11.5. The molecule has 8 heteroatoms. The maximum Gasteiger partial charge on any atom is 0.411 e. The molecule has 1 amide bonds. The molecule has 0 unspecified atom stereocenters. The van der Waals surface area contributed by atoms with Crippen molar-refractivity contribution in [1.29, 1.82) is 0 Å². The number of halogens is 3. The lowest BCUT2D eigenvalue weighted by atomic mass is 10.1. The quantitative estimate of drug-likeness (QED) is 0.780. The van der Waals surface area contributed by atoms with Gasteiger partial charge in [-0.1, -0.05) is 5.16 Å². The number of aromatic nitrogens is 1. The van der Waals surface area contributed by atoms with Crippen LogP contribution in [0.4, 0.5) is 13.2 Å². The molecular weight excluding hydrogens is 277 g/mol. The van der Waals surface area contributed by atoms with Gasteiger partial charge in [0.1, 0.15) is 12.4 Å². The number of carbonyl (C=O) groups is 1. The summed E-state index contributed by atoms with van der Waals surface area (Å²) in [7, 11) is 0. The molecule has 1 N–H and O–H groups in total. The molecule has 0 atom stereocenters. The number of hydrogen-bond acceptors (Lipinski definition) is 4. The molecule has 0 spiro atoms. The summed E-state index contributed by atoms with van der Waals surface area (Å²) in [6, 6.07) is 0. The summed E-state index contributed by atoms with van der Waals surface area (Å²) < 4.78 is 44.6. The molecule has 1 rings (SSSR count). The lowest BCUT2D eigenvalue weighted by Crippen LogP contribution is -2.29. The summed E-state index contributed by atoms with van der Waals surface area (Å²) in [6.45, 7) is 2.13. The van der Waals surface area contributed by atoms with Gasteiger partial charge in [0.2, 0.25) is 5.91 Å². The zero-order valence-electron chi connectivity index (χ0n) is 11.3. The molecule has 0 fully saturated rings. The van der Waals surface area contributed by atoms with Crippen molar-refractivity contribution in [3.63, 3.8) is 0 Å². The largest absolute Gasteiger partial charge is 0.411 e. The van der Waals surface area contributed by atoms with Crippen LogP contribution in [0, 0.1) is 13.8 Å². The van der Waals surface area contributed by atoms with E-state index in [2.05, 4.69) is 15.2 Å². The van der Waals surface area contributed by atoms with Gasteiger partial charge in [-0.15, -0.1) is 0 Å². The Morgan fingerprint density at radius 1 is 1.40 bits per heavy atom. The second kappa shape index (κ2) is 7.28. The molecule has 0 aliphatic carbocycles. The van der Waals surface area contributed by atoms with Crippen molar-refractivity contribution < 1.29 is 27.2 Å². The number of ether oxygens (including phenoxy) is 1. The number of nitrogens with zero attached hydrogens (tertiary/aromatic N) is 1. The third-order valence-electron chi connectivity index (χ3n) is 2.62. The zero-order valence-corrected chi connectivity index (χ0v) is 11.3. The van der Waals surface area contributed by atoms with Crippen molar-refractivity contribution in [3.8, 4) is 0 Å². The lowest BCUT2D eigenvalue weighted by molar-refractivity contribution is -0.173. The molecular formula is C12H17F3N2O3. The van der Waals surface area contributed by atoms with Crippen molar-refractivity contribution in [3.05, 3.63) is 17.0 Å². The van der Waals surface area contributed by atoms with Crippen LogP contribution < -0.4 is 5.32 Å².